The van der Waals surface area contributed by atoms with Gasteiger partial charge in [-0.05, 0) is 13.1 Å². The molecular weight excluding hydrogens is 233 g/mol. The predicted molar refractivity (Wildman–Crippen MR) is 59.9 cm³/mol. The van der Waals surface area contributed by atoms with Crippen molar-refractivity contribution in [2.24, 2.45) is 0 Å². The number of rotatable bonds is 6. The number of nitrogens with two attached hydrogens (primary N) is 1. The minimum atomic E-state index is -1.29. The lowest BCUT2D eigenvalue weighted by molar-refractivity contribution is 0.127. The average Bonchev–Trinajstić information content (AvgIpc) is 2.29. The fourth-order valence-corrected chi connectivity index (χ4v) is 1.40. The van der Waals surface area contributed by atoms with Crippen LogP contribution in [0.2, 0.25) is 0 Å². The van der Waals surface area contributed by atoms with Crippen molar-refractivity contribution in [1.29, 1.82) is 0 Å². The van der Waals surface area contributed by atoms with Crippen LogP contribution in [0.1, 0.15) is 5.56 Å². The van der Waals surface area contributed by atoms with Gasteiger partial charge in [-0.1, -0.05) is 0 Å². The molecule has 0 amide bonds. The third-order valence-corrected chi connectivity index (χ3v) is 2.14. The van der Waals surface area contributed by atoms with Gasteiger partial charge in [-0.2, -0.15) is 0 Å². The van der Waals surface area contributed by atoms with Crippen LogP contribution in [0, 0.1) is 5.82 Å². The van der Waals surface area contributed by atoms with E-state index in [0.717, 1.165) is 6.07 Å². The third kappa shape index (κ3) is 3.52. The van der Waals surface area contributed by atoms with E-state index in [-0.39, 0.29) is 11.4 Å². The second-order valence-electron chi connectivity index (χ2n) is 3.57. The first-order valence-corrected chi connectivity index (χ1v) is 5.13. The number of nitrogens with one attached hydrogen (secondary N) is 1. The maximum atomic E-state index is 13.6. The monoisotopic (exact) mass is 248 g/mol. The molecule has 96 valence electrons. The summed E-state index contributed by atoms with van der Waals surface area (Å²) in [6.45, 7) is -1.73. The van der Waals surface area contributed by atoms with Crippen LogP contribution in [0.4, 0.5) is 18.9 Å². The van der Waals surface area contributed by atoms with Gasteiger partial charge in [0.05, 0.1) is 0 Å². The van der Waals surface area contributed by atoms with Gasteiger partial charge in [-0.25, -0.2) is 13.2 Å². The Morgan fingerprint density at radius 3 is 2.53 bits per heavy atom. The van der Waals surface area contributed by atoms with E-state index in [1.165, 1.54) is 6.07 Å². The lowest BCUT2D eigenvalue weighted by atomic mass is 10.1. The summed E-state index contributed by atoms with van der Waals surface area (Å²) in [6, 6.07) is 2.56. The maximum Gasteiger partial charge on any atom is 0.167 e. The Balaban J connectivity index is 3.02. The second kappa shape index (κ2) is 6.34. The van der Waals surface area contributed by atoms with Crippen LogP contribution in [-0.4, -0.2) is 26.5 Å². The molecule has 0 saturated carbocycles. The highest BCUT2D eigenvalue weighted by Gasteiger charge is 2.17. The van der Waals surface area contributed by atoms with Gasteiger partial charge in [0, 0.05) is 23.9 Å². The van der Waals surface area contributed by atoms with E-state index in [1.54, 1.807) is 7.05 Å². The largest absolute Gasteiger partial charge is 0.482 e. The molecule has 0 aliphatic carbocycles. The summed E-state index contributed by atoms with van der Waals surface area (Å²) in [7, 11) is 1.66. The number of benzene rings is 1. The first-order valence-electron chi connectivity index (χ1n) is 5.13. The number of alkyl halides is 2. The van der Waals surface area contributed by atoms with E-state index >= 15 is 0 Å². The Hall–Kier alpha value is -1.43. The molecule has 1 rings (SSSR count). The number of halogens is 3. The molecule has 3 N–H and O–H groups in total. The van der Waals surface area contributed by atoms with Crippen molar-refractivity contribution < 1.29 is 17.9 Å². The Labute approximate surface area is 97.8 Å². The highest BCUT2D eigenvalue weighted by atomic mass is 19.1. The van der Waals surface area contributed by atoms with Crippen LogP contribution in [-0.2, 0) is 6.54 Å². The highest BCUT2D eigenvalue weighted by molar-refractivity contribution is 5.49. The van der Waals surface area contributed by atoms with Gasteiger partial charge in [0.1, 0.15) is 13.3 Å². The summed E-state index contributed by atoms with van der Waals surface area (Å²) in [5.74, 6) is -0.879. The summed E-state index contributed by atoms with van der Waals surface area (Å²) in [6.07, 6.45) is -1.29. The van der Waals surface area contributed by atoms with Crippen molar-refractivity contribution >= 4 is 5.69 Å². The molecule has 0 aliphatic heterocycles. The smallest absolute Gasteiger partial charge is 0.167 e. The molecule has 0 aromatic heterocycles. The molecule has 1 aromatic rings. The number of nitrogen functional groups attached to an aromatic ring is 1. The molecule has 0 bridgehead atoms. The maximum absolute atomic E-state index is 13.6. The van der Waals surface area contributed by atoms with Crippen molar-refractivity contribution in [3.63, 3.8) is 0 Å². The quantitative estimate of drug-likeness (QED) is 0.755. The molecule has 0 spiro atoms. The standard InChI is InChI=1S/C11H15F3N2O/c1-16-6-7-2-8(15)3-10(14)11(7)17-9(4-12)5-13/h2-3,9,16H,4-6,15H2,1H3. The Morgan fingerprint density at radius 1 is 1.35 bits per heavy atom. The summed E-state index contributed by atoms with van der Waals surface area (Å²) in [4.78, 5) is 0. The minimum absolute atomic E-state index is 0.158. The van der Waals surface area contributed by atoms with Gasteiger partial charge >= 0.3 is 0 Å². The first kappa shape index (κ1) is 13.6. The van der Waals surface area contributed by atoms with Crippen molar-refractivity contribution in [1.82, 2.24) is 5.32 Å². The average molecular weight is 248 g/mol. The lowest BCUT2D eigenvalue weighted by Gasteiger charge is -2.17. The molecule has 17 heavy (non-hydrogen) atoms. The molecule has 0 aliphatic rings. The van der Waals surface area contributed by atoms with Crippen LogP contribution < -0.4 is 15.8 Å². The second-order valence-corrected chi connectivity index (χ2v) is 3.57. The topological polar surface area (TPSA) is 47.3 Å². The molecule has 3 nitrogen and oxygen atoms in total. The SMILES string of the molecule is CNCc1cc(N)cc(F)c1OC(CF)CF. The minimum Gasteiger partial charge on any atom is -0.482 e. The third-order valence-electron chi connectivity index (χ3n) is 2.14. The number of hydrogen-bond acceptors (Lipinski definition) is 3. The molecule has 6 heteroatoms. The summed E-state index contributed by atoms with van der Waals surface area (Å²) in [5, 5.41) is 2.80. The van der Waals surface area contributed by atoms with E-state index < -0.39 is 25.3 Å². The van der Waals surface area contributed by atoms with Gasteiger partial charge in [0.15, 0.2) is 17.7 Å². The predicted octanol–water partition coefficient (Wildman–Crippen LogP) is 1.81. The van der Waals surface area contributed by atoms with Crippen LogP contribution in [0.3, 0.4) is 0 Å². The van der Waals surface area contributed by atoms with Crippen molar-refractivity contribution in [2.45, 2.75) is 12.6 Å². The fourth-order valence-electron chi connectivity index (χ4n) is 1.40. The normalized spacial score (nSPS) is 10.9. The number of hydrogen-bond donors (Lipinski definition) is 2. The molecule has 0 heterocycles. The van der Waals surface area contributed by atoms with E-state index in [9.17, 15) is 13.2 Å². The molecule has 0 unspecified atom stereocenters. The van der Waals surface area contributed by atoms with Crippen molar-refractivity contribution in [3.05, 3.63) is 23.5 Å². The molecule has 0 saturated heterocycles. The van der Waals surface area contributed by atoms with Gasteiger partial charge in [-0.15, -0.1) is 0 Å². The van der Waals surface area contributed by atoms with Crippen molar-refractivity contribution in [2.75, 3.05) is 26.1 Å². The zero-order valence-electron chi connectivity index (χ0n) is 9.47. The van der Waals surface area contributed by atoms with Crippen LogP contribution in [0.25, 0.3) is 0 Å². The van der Waals surface area contributed by atoms with Gasteiger partial charge in [-0.3, -0.25) is 0 Å². The van der Waals surface area contributed by atoms with Gasteiger partial charge < -0.3 is 15.8 Å². The zero-order chi connectivity index (χ0) is 12.8. The van der Waals surface area contributed by atoms with E-state index in [1.807, 2.05) is 0 Å². The molecular formula is C11H15F3N2O. The van der Waals surface area contributed by atoms with E-state index in [0.29, 0.717) is 12.1 Å². The summed E-state index contributed by atoms with van der Waals surface area (Å²) < 4.78 is 43.2. The summed E-state index contributed by atoms with van der Waals surface area (Å²) in [5.41, 5.74) is 6.14. The van der Waals surface area contributed by atoms with Crippen LogP contribution in [0.15, 0.2) is 12.1 Å². The van der Waals surface area contributed by atoms with E-state index in [4.69, 9.17) is 10.5 Å². The molecule has 0 atom stereocenters. The van der Waals surface area contributed by atoms with Crippen LogP contribution in [0.5, 0.6) is 5.75 Å². The number of ether oxygens (including phenoxy) is 1. The number of anilines is 1. The van der Waals surface area contributed by atoms with Gasteiger partial charge in [0.2, 0.25) is 0 Å². The van der Waals surface area contributed by atoms with Crippen LogP contribution >= 0.6 is 0 Å². The Bertz CT molecular complexity index is 370. The lowest BCUT2D eigenvalue weighted by Crippen LogP contribution is -2.23. The molecule has 0 fully saturated rings. The fraction of sp³-hybridized carbons (Fsp3) is 0.455. The van der Waals surface area contributed by atoms with Crippen molar-refractivity contribution in [3.8, 4) is 5.75 Å². The molecule has 1 aromatic carbocycles. The highest BCUT2D eigenvalue weighted by Crippen LogP contribution is 2.27. The Kier molecular flexibility index (Phi) is 5.09. The van der Waals surface area contributed by atoms with Gasteiger partial charge in [0.25, 0.3) is 0 Å². The first-order chi connectivity index (χ1) is 8.12. The molecule has 0 radical (unpaired) electrons. The van der Waals surface area contributed by atoms with E-state index in [2.05, 4.69) is 5.32 Å². The Morgan fingerprint density at radius 2 is 2.00 bits per heavy atom. The zero-order valence-corrected chi connectivity index (χ0v) is 9.47. The summed E-state index contributed by atoms with van der Waals surface area (Å²) >= 11 is 0.